The average molecular weight is 272 g/mol. The molecule has 1 nitrogen and oxygen atoms in total. The first-order chi connectivity index (χ1) is 9.43. The summed E-state index contributed by atoms with van der Waals surface area (Å²) in [6.07, 6.45) is 10.8. The number of hydrogen-bond acceptors (Lipinski definition) is 1. The molecule has 0 N–H and O–H groups in total. The molecule has 0 saturated carbocycles. The van der Waals surface area contributed by atoms with Gasteiger partial charge in [-0.3, -0.25) is 0 Å². The van der Waals surface area contributed by atoms with Crippen molar-refractivity contribution in [2.45, 2.75) is 47.5 Å². The fourth-order valence-corrected chi connectivity index (χ4v) is 2.10. The van der Waals surface area contributed by atoms with Crippen LogP contribution in [0, 0.1) is 5.92 Å². The van der Waals surface area contributed by atoms with Crippen molar-refractivity contribution >= 4 is 0 Å². The maximum absolute atomic E-state index is 5.80. The largest absolute Gasteiger partial charge is 0.498 e. The van der Waals surface area contributed by atoms with E-state index in [0.29, 0.717) is 5.92 Å². The lowest BCUT2D eigenvalue weighted by Crippen LogP contribution is -2.09. The summed E-state index contributed by atoms with van der Waals surface area (Å²) < 4.78 is 5.80. The normalized spacial score (nSPS) is 20.4. The molecule has 20 heavy (non-hydrogen) atoms. The van der Waals surface area contributed by atoms with Crippen LogP contribution in [0.3, 0.4) is 0 Å². The molecule has 0 spiro atoms. The lowest BCUT2D eigenvalue weighted by atomic mass is 9.93. The zero-order chi connectivity index (χ0) is 15.1. The average Bonchev–Trinajstić information content (AvgIpc) is 2.45. The van der Waals surface area contributed by atoms with Crippen LogP contribution in [-0.2, 0) is 4.74 Å². The van der Waals surface area contributed by atoms with Crippen LogP contribution in [0.4, 0.5) is 0 Å². The first-order valence-electron chi connectivity index (χ1n) is 7.40. The van der Waals surface area contributed by atoms with Gasteiger partial charge < -0.3 is 4.74 Å². The maximum atomic E-state index is 5.80. The summed E-state index contributed by atoms with van der Waals surface area (Å²) in [5, 5.41) is 0. The van der Waals surface area contributed by atoms with Crippen molar-refractivity contribution in [2.24, 2.45) is 5.92 Å². The predicted octanol–water partition coefficient (Wildman–Crippen LogP) is 5.73. The van der Waals surface area contributed by atoms with Crippen LogP contribution >= 0.6 is 0 Å². The van der Waals surface area contributed by atoms with Crippen LogP contribution in [0.1, 0.15) is 47.5 Å². The molecule has 0 aromatic rings. The molecule has 0 aromatic heterocycles. The molecule has 0 amide bonds. The monoisotopic (exact) mass is 272 g/mol. The Morgan fingerprint density at radius 2 is 2.00 bits per heavy atom. The summed E-state index contributed by atoms with van der Waals surface area (Å²) in [5.41, 5.74) is 5.36. The fourth-order valence-electron chi connectivity index (χ4n) is 2.10. The van der Waals surface area contributed by atoms with Crippen molar-refractivity contribution in [3.05, 3.63) is 58.9 Å². The Morgan fingerprint density at radius 1 is 1.30 bits per heavy atom. The predicted molar refractivity (Wildman–Crippen MR) is 88.5 cm³/mol. The molecule has 0 aliphatic heterocycles. The highest BCUT2D eigenvalue weighted by Crippen LogP contribution is 2.23. The lowest BCUT2D eigenvalue weighted by molar-refractivity contribution is 0.180. The van der Waals surface area contributed by atoms with E-state index in [0.717, 1.165) is 25.2 Å². The molecule has 1 unspecified atom stereocenters. The van der Waals surface area contributed by atoms with Gasteiger partial charge >= 0.3 is 0 Å². The third-order valence-electron chi connectivity index (χ3n) is 4.03. The van der Waals surface area contributed by atoms with E-state index >= 15 is 0 Å². The molecule has 0 heterocycles. The zero-order valence-corrected chi connectivity index (χ0v) is 13.6. The van der Waals surface area contributed by atoms with E-state index in [4.69, 9.17) is 4.74 Å². The van der Waals surface area contributed by atoms with Crippen LogP contribution in [-0.4, -0.2) is 6.61 Å². The van der Waals surface area contributed by atoms with Crippen LogP contribution in [0.15, 0.2) is 58.9 Å². The minimum Gasteiger partial charge on any atom is -0.498 e. The van der Waals surface area contributed by atoms with Gasteiger partial charge in [0.15, 0.2) is 0 Å². The second kappa shape index (κ2) is 7.94. The molecule has 1 heteroatoms. The number of allylic oxidation sites excluding steroid dienone is 7. The van der Waals surface area contributed by atoms with E-state index in [1.165, 1.54) is 22.3 Å². The van der Waals surface area contributed by atoms with Crippen molar-refractivity contribution in [3.63, 3.8) is 0 Å². The second-order valence-corrected chi connectivity index (χ2v) is 5.65. The number of ether oxygens (including phenoxy) is 1. The summed E-state index contributed by atoms with van der Waals surface area (Å²) >= 11 is 0. The molecule has 1 atom stereocenters. The highest BCUT2D eigenvalue weighted by molar-refractivity contribution is 5.31. The van der Waals surface area contributed by atoms with Crippen molar-refractivity contribution in [1.82, 2.24) is 0 Å². The lowest BCUT2D eigenvalue weighted by Gasteiger charge is -2.19. The van der Waals surface area contributed by atoms with Crippen LogP contribution in [0.25, 0.3) is 0 Å². The van der Waals surface area contributed by atoms with E-state index in [-0.39, 0.29) is 0 Å². The van der Waals surface area contributed by atoms with E-state index < -0.39 is 0 Å². The molecule has 110 valence electrons. The Morgan fingerprint density at radius 3 is 2.60 bits per heavy atom. The number of hydrogen-bond donors (Lipinski definition) is 0. The minimum absolute atomic E-state index is 0.484. The van der Waals surface area contributed by atoms with Gasteiger partial charge in [0.25, 0.3) is 0 Å². The SMILES string of the molecule is C=C(C/C=C(C)\C(C)=C/C)OCC1C=C(C)C(C)=CC1. The van der Waals surface area contributed by atoms with Gasteiger partial charge in [0.2, 0.25) is 0 Å². The minimum atomic E-state index is 0.484. The molecule has 1 aliphatic rings. The standard InChI is InChI=1S/C19H28O/c1-7-14(2)15(3)8-10-18(6)20-13-19-11-9-16(4)17(5)12-19/h7-9,12,19H,6,10-11,13H2,1-5H3/b14-7-,15-8-. The first-order valence-corrected chi connectivity index (χ1v) is 7.40. The van der Waals surface area contributed by atoms with E-state index in [9.17, 15) is 0 Å². The Balaban J connectivity index is 2.38. The molecule has 0 aromatic carbocycles. The molecule has 0 saturated heterocycles. The Labute approximate surface area is 124 Å². The van der Waals surface area contributed by atoms with Crippen molar-refractivity contribution < 1.29 is 4.74 Å². The van der Waals surface area contributed by atoms with Gasteiger partial charge in [-0.1, -0.05) is 53.2 Å². The van der Waals surface area contributed by atoms with Gasteiger partial charge in [0.05, 0.1) is 12.4 Å². The van der Waals surface area contributed by atoms with Crippen molar-refractivity contribution in [3.8, 4) is 0 Å². The van der Waals surface area contributed by atoms with Crippen LogP contribution in [0.2, 0.25) is 0 Å². The van der Waals surface area contributed by atoms with Crippen LogP contribution in [0.5, 0.6) is 0 Å². The summed E-state index contributed by atoms with van der Waals surface area (Å²) in [6, 6.07) is 0. The molecule has 1 aliphatic carbocycles. The number of rotatable bonds is 6. The summed E-state index contributed by atoms with van der Waals surface area (Å²) in [5.74, 6) is 1.34. The Bertz CT molecular complexity index is 472. The maximum Gasteiger partial charge on any atom is 0.0942 e. The van der Waals surface area contributed by atoms with Crippen molar-refractivity contribution in [2.75, 3.05) is 6.61 Å². The van der Waals surface area contributed by atoms with Gasteiger partial charge in [-0.2, -0.15) is 0 Å². The van der Waals surface area contributed by atoms with Crippen LogP contribution < -0.4 is 0 Å². The molecule has 0 radical (unpaired) electrons. The second-order valence-electron chi connectivity index (χ2n) is 5.65. The Kier molecular flexibility index (Phi) is 6.57. The zero-order valence-electron chi connectivity index (χ0n) is 13.6. The van der Waals surface area contributed by atoms with E-state index in [2.05, 4.69) is 65.5 Å². The quantitative estimate of drug-likeness (QED) is 0.443. The van der Waals surface area contributed by atoms with E-state index in [1.54, 1.807) is 0 Å². The van der Waals surface area contributed by atoms with Gasteiger partial charge in [0.1, 0.15) is 0 Å². The third kappa shape index (κ3) is 5.24. The van der Waals surface area contributed by atoms with Gasteiger partial charge in [0, 0.05) is 12.3 Å². The molecule has 0 fully saturated rings. The molecule has 1 rings (SSSR count). The molecule has 0 bridgehead atoms. The van der Waals surface area contributed by atoms with Crippen molar-refractivity contribution in [1.29, 1.82) is 0 Å². The highest BCUT2D eigenvalue weighted by Gasteiger charge is 2.11. The van der Waals surface area contributed by atoms with Gasteiger partial charge in [-0.25, -0.2) is 0 Å². The Hall–Kier alpha value is -1.50. The summed E-state index contributed by atoms with van der Waals surface area (Å²) in [4.78, 5) is 0. The summed E-state index contributed by atoms with van der Waals surface area (Å²) in [7, 11) is 0. The molecular formula is C19H28O. The smallest absolute Gasteiger partial charge is 0.0942 e. The van der Waals surface area contributed by atoms with Gasteiger partial charge in [-0.15, -0.1) is 0 Å². The fraction of sp³-hybridized carbons (Fsp3) is 0.474. The summed E-state index contributed by atoms with van der Waals surface area (Å²) in [6.45, 7) is 15.4. The highest BCUT2D eigenvalue weighted by atomic mass is 16.5. The third-order valence-corrected chi connectivity index (χ3v) is 4.03. The van der Waals surface area contributed by atoms with Gasteiger partial charge in [-0.05, 0) is 41.0 Å². The van der Waals surface area contributed by atoms with E-state index in [1.807, 2.05) is 0 Å². The first kappa shape index (κ1) is 16.6. The topological polar surface area (TPSA) is 9.23 Å². The molecular weight excluding hydrogens is 244 g/mol.